The first kappa shape index (κ1) is 12.6. The van der Waals surface area contributed by atoms with Crippen molar-refractivity contribution < 1.29 is 0 Å². The lowest BCUT2D eigenvalue weighted by atomic mass is 10.1. The monoisotopic (exact) mass is 295 g/mol. The second-order valence-electron chi connectivity index (χ2n) is 4.47. The molecule has 1 aromatic rings. The highest BCUT2D eigenvalue weighted by molar-refractivity contribution is 9.10. The second kappa shape index (κ2) is 5.19. The zero-order valence-corrected chi connectivity index (χ0v) is 11.9. The summed E-state index contributed by atoms with van der Waals surface area (Å²) >= 11 is 3.56. The van der Waals surface area contributed by atoms with E-state index in [0.717, 1.165) is 24.1 Å². The number of hydrogen-bond donors (Lipinski definition) is 0. The Morgan fingerprint density at radius 2 is 2.47 bits per heavy atom. The number of hydrogen-bond acceptors (Lipinski definition) is 2. The van der Waals surface area contributed by atoms with Crippen LogP contribution in [0.5, 0.6) is 0 Å². The van der Waals surface area contributed by atoms with Crippen molar-refractivity contribution in [1.29, 1.82) is 0 Å². The maximum absolute atomic E-state index is 4.40. The standard InChI is InChI=1S/C13H18BrN3/c1-4-11(5-2)8-16-7-10(3)17-13(9-16)12(14)6-15-17/h4-6,10H,1,7-9H2,2-3H3/b11-5+. The summed E-state index contributed by atoms with van der Waals surface area (Å²) in [5, 5.41) is 4.40. The van der Waals surface area contributed by atoms with Gasteiger partial charge in [0.2, 0.25) is 0 Å². The van der Waals surface area contributed by atoms with Crippen LogP contribution in [0.2, 0.25) is 0 Å². The van der Waals surface area contributed by atoms with Gasteiger partial charge in [0, 0.05) is 19.6 Å². The molecule has 2 heterocycles. The molecule has 1 unspecified atom stereocenters. The van der Waals surface area contributed by atoms with E-state index in [1.807, 2.05) is 12.3 Å². The number of aromatic nitrogens is 2. The van der Waals surface area contributed by atoms with Crippen LogP contribution in [-0.4, -0.2) is 27.8 Å². The molecular weight excluding hydrogens is 278 g/mol. The van der Waals surface area contributed by atoms with Crippen molar-refractivity contribution in [2.45, 2.75) is 26.4 Å². The van der Waals surface area contributed by atoms with E-state index in [1.165, 1.54) is 11.3 Å². The van der Waals surface area contributed by atoms with Gasteiger partial charge < -0.3 is 0 Å². The zero-order chi connectivity index (χ0) is 12.4. The average Bonchev–Trinajstić information content (AvgIpc) is 2.69. The van der Waals surface area contributed by atoms with Gasteiger partial charge in [-0.2, -0.15) is 5.10 Å². The summed E-state index contributed by atoms with van der Waals surface area (Å²) in [5.41, 5.74) is 2.55. The van der Waals surface area contributed by atoms with E-state index in [-0.39, 0.29) is 0 Å². The Morgan fingerprint density at radius 3 is 3.12 bits per heavy atom. The molecule has 4 heteroatoms. The van der Waals surface area contributed by atoms with Crippen molar-refractivity contribution in [2.75, 3.05) is 13.1 Å². The van der Waals surface area contributed by atoms with E-state index in [2.05, 4.69) is 57.1 Å². The number of fused-ring (bicyclic) bond motifs is 1. The minimum absolute atomic E-state index is 0.424. The highest BCUT2D eigenvalue weighted by Gasteiger charge is 2.24. The molecule has 0 N–H and O–H groups in total. The van der Waals surface area contributed by atoms with E-state index in [1.54, 1.807) is 0 Å². The molecule has 1 aromatic heterocycles. The average molecular weight is 296 g/mol. The van der Waals surface area contributed by atoms with Crippen LogP contribution in [0.3, 0.4) is 0 Å². The fraction of sp³-hybridized carbons (Fsp3) is 0.462. The van der Waals surface area contributed by atoms with Crippen LogP contribution >= 0.6 is 15.9 Å². The van der Waals surface area contributed by atoms with Gasteiger partial charge in [0.15, 0.2) is 0 Å². The van der Waals surface area contributed by atoms with Crippen LogP contribution in [0.25, 0.3) is 0 Å². The highest BCUT2D eigenvalue weighted by Crippen LogP contribution is 2.26. The second-order valence-corrected chi connectivity index (χ2v) is 5.32. The zero-order valence-electron chi connectivity index (χ0n) is 10.4. The summed E-state index contributed by atoms with van der Waals surface area (Å²) in [4.78, 5) is 2.43. The molecule has 0 radical (unpaired) electrons. The molecule has 0 spiro atoms. The number of allylic oxidation sites excluding steroid dienone is 1. The van der Waals surface area contributed by atoms with Crippen LogP contribution in [0.15, 0.2) is 35.0 Å². The summed E-state index contributed by atoms with van der Waals surface area (Å²) in [6, 6.07) is 0.424. The molecule has 1 aliphatic rings. The van der Waals surface area contributed by atoms with Crippen molar-refractivity contribution in [3.05, 3.63) is 40.7 Å². The third kappa shape index (κ3) is 2.53. The first-order valence-electron chi connectivity index (χ1n) is 5.87. The Morgan fingerprint density at radius 1 is 1.71 bits per heavy atom. The highest BCUT2D eigenvalue weighted by atomic mass is 79.9. The van der Waals surface area contributed by atoms with Crippen molar-refractivity contribution >= 4 is 15.9 Å². The summed E-state index contributed by atoms with van der Waals surface area (Å²) in [6.45, 7) is 11.0. The van der Waals surface area contributed by atoms with Crippen molar-refractivity contribution in [1.82, 2.24) is 14.7 Å². The Bertz CT molecular complexity index is 448. The van der Waals surface area contributed by atoms with Crippen LogP contribution < -0.4 is 0 Å². The fourth-order valence-corrected chi connectivity index (χ4v) is 2.67. The summed E-state index contributed by atoms with van der Waals surface area (Å²) in [6.07, 6.45) is 5.95. The third-order valence-electron chi connectivity index (χ3n) is 3.20. The molecule has 0 saturated carbocycles. The van der Waals surface area contributed by atoms with Gasteiger partial charge in [0.25, 0.3) is 0 Å². The lowest BCUT2D eigenvalue weighted by Crippen LogP contribution is -2.37. The lowest BCUT2D eigenvalue weighted by molar-refractivity contribution is 0.197. The molecule has 0 amide bonds. The molecule has 2 rings (SSSR count). The van der Waals surface area contributed by atoms with Gasteiger partial charge >= 0.3 is 0 Å². The largest absolute Gasteiger partial charge is 0.291 e. The van der Waals surface area contributed by atoms with Gasteiger partial charge in [-0.15, -0.1) is 0 Å². The van der Waals surface area contributed by atoms with E-state index in [0.29, 0.717) is 6.04 Å². The predicted molar refractivity (Wildman–Crippen MR) is 73.9 cm³/mol. The van der Waals surface area contributed by atoms with E-state index < -0.39 is 0 Å². The number of nitrogens with zero attached hydrogens (tertiary/aromatic N) is 3. The Hall–Kier alpha value is -0.870. The van der Waals surface area contributed by atoms with Crippen LogP contribution in [-0.2, 0) is 6.54 Å². The quantitative estimate of drug-likeness (QED) is 0.799. The van der Waals surface area contributed by atoms with Crippen molar-refractivity contribution in [2.24, 2.45) is 0 Å². The first-order valence-corrected chi connectivity index (χ1v) is 6.66. The summed E-state index contributed by atoms with van der Waals surface area (Å²) < 4.78 is 3.22. The lowest BCUT2D eigenvalue weighted by Gasteiger charge is -2.32. The topological polar surface area (TPSA) is 21.1 Å². The molecule has 0 saturated heterocycles. The molecule has 0 bridgehead atoms. The summed E-state index contributed by atoms with van der Waals surface area (Å²) in [7, 11) is 0. The molecule has 0 aliphatic carbocycles. The number of halogens is 1. The van der Waals surface area contributed by atoms with Crippen molar-refractivity contribution in [3.63, 3.8) is 0 Å². The van der Waals surface area contributed by atoms with Crippen LogP contribution in [0.4, 0.5) is 0 Å². The van der Waals surface area contributed by atoms with Gasteiger partial charge in [0.05, 0.1) is 22.4 Å². The smallest absolute Gasteiger partial charge is 0.0670 e. The minimum atomic E-state index is 0.424. The van der Waals surface area contributed by atoms with Gasteiger partial charge in [-0.25, -0.2) is 0 Å². The molecule has 1 atom stereocenters. The molecule has 3 nitrogen and oxygen atoms in total. The molecule has 0 aromatic carbocycles. The Kier molecular flexibility index (Phi) is 3.84. The predicted octanol–water partition coefficient (Wildman–Crippen LogP) is 3.15. The maximum atomic E-state index is 4.40. The summed E-state index contributed by atoms with van der Waals surface area (Å²) in [5.74, 6) is 0. The Labute approximate surface area is 111 Å². The molecule has 17 heavy (non-hydrogen) atoms. The molecule has 0 fully saturated rings. The van der Waals surface area contributed by atoms with Gasteiger partial charge in [-0.05, 0) is 35.4 Å². The molecule has 1 aliphatic heterocycles. The van der Waals surface area contributed by atoms with E-state index in [9.17, 15) is 0 Å². The van der Waals surface area contributed by atoms with Gasteiger partial charge in [-0.3, -0.25) is 9.58 Å². The SMILES string of the molecule is C=C/C(=C\C)CN1Cc2c(Br)cnn2C(C)C1. The normalized spacial score (nSPS) is 21.4. The number of rotatable bonds is 3. The minimum Gasteiger partial charge on any atom is -0.291 e. The maximum Gasteiger partial charge on any atom is 0.0670 e. The Balaban J connectivity index is 2.16. The third-order valence-corrected chi connectivity index (χ3v) is 3.86. The van der Waals surface area contributed by atoms with Crippen molar-refractivity contribution in [3.8, 4) is 0 Å². The van der Waals surface area contributed by atoms with Crippen LogP contribution in [0.1, 0.15) is 25.6 Å². The van der Waals surface area contributed by atoms with Crippen LogP contribution in [0, 0.1) is 0 Å². The molecular formula is C13H18BrN3. The van der Waals surface area contributed by atoms with E-state index in [4.69, 9.17) is 0 Å². The molecule has 92 valence electrons. The van der Waals surface area contributed by atoms with Gasteiger partial charge in [0.1, 0.15) is 0 Å². The fourth-order valence-electron chi connectivity index (χ4n) is 2.27. The van der Waals surface area contributed by atoms with Gasteiger partial charge in [-0.1, -0.05) is 18.7 Å². The van der Waals surface area contributed by atoms with E-state index >= 15 is 0 Å². The first-order chi connectivity index (χ1) is 8.15.